The van der Waals surface area contributed by atoms with E-state index in [1.54, 1.807) is 6.08 Å². The normalized spacial score (nSPS) is 13.1. The molecular weight excluding hydrogens is 270 g/mol. The van der Waals surface area contributed by atoms with E-state index >= 15 is 0 Å². The number of hydrogen-bond donors (Lipinski definition) is 1. The van der Waals surface area contributed by atoms with Crippen molar-refractivity contribution in [2.75, 3.05) is 0 Å². The maximum absolute atomic E-state index is 10.4. The molecule has 120 valence electrons. The Balaban J connectivity index is 3.53. The topological polar surface area (TPSA) is 43.1 Å². The average Bonchev–Trinajstić information content (AvgIpc) is 2.50. The summed E-state index contributed by atoms with van der Waals surface area (Å²) in [7, 11) is 0. The van der Waals surface area contributed by atoms with Crippen LogP contribution in [0.5, 0.6) is 0 Å². The monoisotopic (exact) mass is 299 g/mol. The Morgan fingerprint density at radius 2 is 0.955 bits per heavy atom. The summed E-state index contributed by atoms with van der Waals surface area (Å²) in [4.78, 5) is 10.4. The molecule has 0 atom stereocenters. The molecule has 0 unspecified atom stereocenters. The largest absolute Gasteiger partial charge is 0.366 e. The highest BCUT2D eigenvalue weighted by Crippen LogP contribution is 1.96. The molecule has 0 saturated carbocycles. The molecule has 0 rings (SSSR count). The van der Waals surface area contributed by atoms with Gasteiger partial charge in [-0.1, -0.05) is 73.8 Å². The molecule has 0 aliphatic carbocycles. The lowest BCUT2D eigenvalue weighted by Gasteiger charge is -1.85. The summed E-state index contributed by atoms with van der Waals surface area (Å²) in [6.45, 7) is 2.15. The van der Waals surface area contributed by atoms with Gasteiger partial charge in [0.2, 0.25) is 5.91 Å². The van der Waals surface area contributed by atoms with Gasteiger partial charge in [0.15, 0.2) is 0 Å². The Labute approximate surface area is 135 Å². The quantitative estimate of drug-likeness (QED) is 0.392. The second-order valence-corrected chi connectivity index (χ2v) is 4.75. The first-order valence-electron chi connectivity index (χ1n) is 7.98. The first-order chi connectivity index (χ1) is 10.8. The molecule has 0 aliphatic rings. The predicted molar refractivity (Wildman–Crippen MR) is 97.4 cm³/mol. The van der Waals surface area contributed by atoms with Crippen molar-refractivity contribution in [1.82, 2.24) is 0 Å². The van der Waals surface area contributed by atoms with Gasteiger partial charge in [-0.2, -0.15) is 0 Å². The van der Waals surface area contributed by atoms with Crippen LogP contribution < -0.4 is 5.73 Å². The van der Waals surface area contributed by atoms with Crippen molar-refractivity contribution in [1.29, 1.82) is 0 Å². The Morgan fingerprint density at radius 3 is 1.27 bits per heavy atom. The third-order valence-corrected chi connectivity index (χ3v) is 2.71. The highest BCUT2D eigenvalue weighted by Gasteiger charge is 1.79. The molecule has 2 N–H and O–H groups in total. The van der Waals surface area contributed by atoms with Gasteiger partial charge in [0.1, 0.15) is 0 Å². The fourth-order valence-electron chi connectivity index (χ4n) is 1.61. The van der Waals surface area contributed by atoms with Crippen molar-refractivity contribution in [2.45, 2.75) is 45.4 Å². The van der Waals surface area contributed by atoms with E-state index in [9.17, 15) is 4.79 Å². The van der Waals surface area contributed by atoms with Crippen molar-refractivity contribution in [3.8, 4) is 0 Å². The molecule has 2 nitrogen and oxygen atoms in total. The maximum Gasteiger partial charge on any atom is 0.241 e. The van der Waals surface area contributed by atoms with E-state index in [2.05, 4.69) is 61.6 Å². The summed E-state index contributed by atoms with van der Waals surface area (Å²) in [5.74, 6) is -0.396. The van der Waals surface area contributed by atoms with E-state index < -0.39 is 5.91 Å². The molecule has 0 aromatic rings. The molecule has 0 radical (unpaired) electrons. The van der Waals surface area contributed by atoms with Crippen LogP contribution in [0, 0.1) is 0 Å². The number of carbonyl (C=O) groups excluding carboxylic acids is 1. The van der Waals surface area contributed by atoms with Crippen molar-refractivity contribution in [2.24, 2.45) is 5.73 Å². The fraction of sp³-hybridized carbons (Fsp3) is 0.350. The molecule has 22 heavy (non-hydrogen) atoms. The minimum atomic E-state index is -0.396. The smallest absolute Gasteiger partial charge is 0.241 e. The Hall–Kier alpha value is -2.09. The lowest BCUT2D eigenvalue weighted by Crippen LogP contribution is -2.04. The first kappa shape index (κ1) is 19.9. The number of rotatable bonds is 12. The van der Waals surface area contributed by atoms with Crippen LogP contribution in [0.3, 0.4) is 0 Å². The average molecular weight is 299 g/mol. The molecule has 0 fully saturated rings. The summed E-state index contributed by atoms with van der Waals surface area (Å²) in [5, 5.41) is 0. The van der Waals surface area contributed by atoms with E-state index in [0.717, 1.165) is 38.5 Å². The van der Waals surface area contributed by atoms with Gasteiger partial charge in [-0.15, -0.1) is 0 Å². The van der Waals surface area contributed by atoms with E-state index in [1.807, 2.05) is 6.08 Å². The van der Waals surface area contributed by atoms with Gasteiger partial charge in [-0.05, 0) is 44.6 Å². The second kappa shape index (κ2) is 17.0. The Kier molecular flexibility index (Phi) is 15.4. The number of hydrogen-bond acceptors (Lipinski definition) is 1. The Bertz CT molecular complexity index is 437. The molecule has 0 bridgehead atoms. The van der Waals surface area contributed by atoms with Crippen LogP contribution in [-0.4, -0.2) is 5.91 Å². The third kappa shape index (κ3) is 17.9. The van der Waals surface area contributed by atoms with E-state index in [0.29, 0.717) is 0 Å². The van der Waals surface area contributed by atoms with E-state index in [-0.39, 0.29) is 0 Å². The highest BCUT2D eigenvalue weighted by molar-refractivity contribution is 5.85. The summed E-state index contributed by atoms with van der Waals surface area (Å²) in [6.07, 6.45) is 30.5. The number of amides is 1. The van der Waals surface area contributed by atoms with Gasteiger partial charge in [0.05, 0.1) is 0 Å². The molecule has 0 aromatic heterocycles. The molecule has 0 aliphatic heterocycles. The van der Waals surface area contributed by atoms with E-state index in [4.69, 9.17) is 5.73 Å². The zero-order valence-electron chi connectivity index (χ0n) is 13.7. The molecule has 0 spiro atoms. The molecule has 2 heteroatoms. The van der Waals surface area contributed by atoms with Gasteiger partial charge < -0.3 is 5.73 Å². The lowest BCUT2D eigenvalue weighted by molar-refractivity contribution is -0.113. The van der Waals surface area contributed by atoms with Crippen molar-refractivity contribution in [3.63, 3.8) is 0 Å². The molecule has 0 saturated heterocycles. The van der Waals surface area contributed by atoms with Crippen molar-refractivity contribution < 1.29 is 4.79 Å². The van der Waals surface area contributed by atoms with Crippen LogP contribution in [0.15, 0.2) is 72.9 Å². The Morgan fingerprint density at radius 1 is 0.636 bits per heavy atom. The molecule has 1 amide bonds. The fourth-order valence-corrected chi connectivity index (χ4v) is 1.61. The van der Waals surface area contributed by atoms with Crippen LogP contribution in [-0.2, 0) is 4.79 Å². The summed E-state index contributed by atoms with van der Waals surface area (Å²) in [5.41, 5.74) is 4.98. The highest BCUT2D eigenvalue weighted by atomic mass is 16.1. The summed E-state index contributed by atoms with van der Waals surface area (Å²) >= 11 is 0. The molecule has 0 heterocycles. The van der Waals surface area contributed by atoms with Gasteiger partial charge >= 0.3 is 0 Å². The summed E-state index contributed by atoms with van der Waals surface area (Å²) in [6, 6.07) is 0. The number of primary amides is 1. The molecular formula is C20H29NO. The number of allylic oxidation sites excluding steroid dienone is 11. The van der Waals surface area contributed by atoms with Crippen LogP contribution >= 0.6 is 0 Å². The van der Waals surface area contributed by atoms with Gasteiger partial charge in [-0.25, -0.2) is 0 Å². The van der Waals surface area contributed by atoms with Gasteiger partial charge in [-0.3, -0.25) is 4.79 Å². The molecule has 0 aromatic carbocycles. The van der Waals surface area contributed by atoms with Crippen LogP contribution in [0.4, 0.5) is 0 Å². The van der Waals surface area contributed by atoms with Crippen LogP contribution in [0.2, 0.25) is 0 Å². The maximum atomic E-state index is 10.4. The number of nitrogens with two attached hydrogens (primary N) is 1. The first-order valence-corrected chi connectivity index (χ1v) is 7.98. The second-order valence-electron chi connectivity index (χ2n) is 4.75. The van der Waals surface area contributed by atoms with Crippen LogP contribution in [0.1, 0.15) is 45.4 Å². The number of carbonyl (C=O) groups is 1. The standard InChI is InChI=1S/C20H29NO/c1-2-3-4-5-6-7-8-9-10-11-12-13-14-15-16-17-18-19-20(21)22/h3-4,6-7,9-10,12-13,15-16,18-19H,2,5,8,11,14,17H2,1H3,(H2,21,22)/b4-3+,7-6+,10-9+,13-12+,16-15+,19-18+. The summed E-state index contributed by atoms with van der Waals surface area (Å²) < 4.78 is 0. The minimum Gasteiger partial charge on any atom is -0.366 e. The zero-order chi connectivity index (χ0) is 16.3. The third-order valence-electron chi connectivity index (χ3n) is 2.71. The lowest BCUT2D eigenvalue weighted by atomic mass is 10.2. The minimum absolute atomic E-state index is 0.396. The predicted octanol–water partition coefficient (Wildman–Crippen LogP) is 5.17. The zero-order valence-corrected chi connectivity index (χ0v) is 13.7. The van der Waals surface area contributed by atoms with Gasteiger partial charge in [0, 0.05) is 0 Å². The van der Waals surface area contributed by atoms with Gasteiger partial charge in [0.25, 0.3) is 0 Å². The van der Waals surface area contributed by atoms with Crippen molar-refractivity contribution >= 4 is 5.91 Å². The van der Waals surface area contributed by atoms with E-state index in [1.165, 1.54) is 6.08 Å². The SMILES string of the molecule is CC/C=C/C/C=C/C/C=C/C/C=C/C/C=C/C/C=C/C(N)=O. The van der Waals surface area contributed by atoms with Crippen molar-refractivity contribution in [3.05, 3.63) is 72.9 Å². The van der Waals surface area contributed by atoms with Crippen LogP contribution in [0.25, 0.3) is 0 Å².